The van der Waals surface area contributed by atoms with E-state index >= 15 is 0 Å². The second kappa shape index (κ2) is 6.51. The van der Waals surface area contributed by atoms with Crippen LogP contribution in [0.3, 0.4) is 0 Å². The van der Waals surface area contributed by atoms with E-state index in [1.165, 1.54) is 11.1 Å². The zero-order chi connectivity index (χ0) is 20.4. The predicted molar refractivity (Wildman–Crippen MR) is 124 cm³/mol. The number of hydrogen-bond acceptors (Lipinski definition) is 0. The monoisotopic (exact) mass is 424 g/mol. The molecule has 0 amide bonds. The summed E-state index contributed by atoms with van der Waals surface area (Å²) in [5.41, 5.74) is 6.58. The van der Waals surface area contributed by atoms with Crippen LogP contribution in [0.15, 0.2) is 36.4 Å². The van der Waals surface area contributed by atoms with E-state index in [4.69, 9.17) is 0 Å². The Balaban J connectivity index is 2.58. The van der Waals surface area contributed by atoms with Crippen molar-refractivity contribution in [3.63, 3.8) is 0 Å². The Labute approximate surface area is 170 Å². The molecule has 1 heterocycles. The Hall–Kier alpha value is -1.02. The summed E-state index contributed by atoms with van der Waals surface area (Å²) in [6, 6.07) is 14.5. The van der Waals surface area contributed by atoms with E-state index in [9.17, 15) is 0 Å². The number of fused-ring (bicyclic) bond motifs is 3. The van der Waals surface area contributed by atoms with Crippen LogP contribution in [0.5, 0.6) is 0 Å². The third kappa shape index (κ3) is 2.94. The van der Waals surface area contributed by atoms with E-state index in [0.29, 0.717) is 0 Å². The van der Waals surface area contributed by atoms with Gasteiger partial charge in [-0.2, -0.15) is 0 Å². The van der Waals surface area contributed by atoms with Crippen LogP contribution < -0.4 is 8.79 Å². The van der Waals surface area contributed by atoms with Gasteiger partial charge in [-0.15, -0.1) is 0 Å². The second-order valence-electron chi connectivity index (χ2n) is 11.1. The molecule has 1 heteroatoms. The Bertz CT molecular complexity index is 783. The minimum absolute atomic E-state index is 0.153. The molecule has 2 aromatic rings. The van der Waals surface area contributed by atoms with Gasteiger partial charge >= 0.3 is 170 Å². The molecule has 1 aliphatic heterocycles. The number of benzene rings is 2. The quantitative estimate of drug-likeness (QED) is 0.475. The van der Waals surface area contributed by atoms with Gasteiger partial charge in [0.2, 0.25) is 0 Å². The molecule has 0 saturated carbocycles. The van der Waals surface area contributed by atoms with E-state index in [1.807, 2.05) is 0 Å². The summed E-state index contributed by atoms with van der Waals surface area (Å²) in [7, 11) is 0. The summed E-state index contributed by atoms with van der Waals surface area (Å²) < 4.78 is 4.93. The summed E-state index contributed by atoms with van der Waals surface area (Å²) in [4.78, 5) is 0. The first-order valence-electron chi connectivity index (χ1n) is 10.6. The maximum absolute atomic E-state index is 2.52. The average Bonchev–Trinajstić information content (AvgIpc) is 2.84. The molecule has 0 aromatic heterocycles. The molecular formula is C26H38Ge. The molecule has 0 unspecified atom stereocenters. The van der Waals surface area contributed by atoms with Crippen LogP contribution in [0.25, 0.3) is 11.1 Å². The van der Waals surface area contributed by atoms with Crippen molar-refractivity contribution in [2.75, 3.05) is 0 Å². The second-order valence-corrected chi connectivity index (χ2v) is 21.9. The zero-order valence-electron chi connectivity index (χ0n) is 19.1. The van der Waals surface area contributed by atoms with Crippen molar-refractivity contribution >= 4 is 22.1 Å². The van der Waals surface area contributed by atoms with E-state index in [-0.39, 0.29) is 10.8 Å². The molecule has 0 saturated heterocycles. The van der Waals surface area contributed by atoms with Gasteiger partial charge in [-0.05, 0) is 0 Å². The van der Waals surface area contributed by atoms with Gasteiger partial charge in [-0.25, -0.2) is 0 Å². The number of rotatable bonds is 2. The van der Waals surface area contributed by atoms with Crippen LogP contribution >= 0.6 is 0 Å². The van der Waals surface area contributed by atoms with Crippen molar-refractivity contribution in [2.45, 2.75) is 89.6 Å². The Kier molecular flexibility index (Phi) is 4.99. The van der Waals surface area contributed by atoms with Crippen molar-refractivity contribution in [1.82, 2.24) is 0 Å². The molecule has 0 radical (unpaired) electrons. The molecule has 0 aliphatic carbocycles. The normalized spacial score (nSPS) is 16.0. The van der Waals surface area contributed by atoms with Crippen LogP contribution in [0, 0.1) is 0 Å². The van der Waals surface area contributed by atoms with Crippen molar-refractivity contribution in [2.24, 2.45) is 0 Å². The van der Waals surface area contributed by atoms with Gasteiger partial charge in [0.15, 0.2) is 0 Å². The molecule has 0 spiro atoms. The first kappa shape index (κ1) is 20.7. The average molecular weight is 423 g/mol. The van der Waals surface area contributed by atoms with Crippen LogP contribution in [-0.2, 0) is 10.8 Å². The first-order valence-corrected chi connectivity index (χ1v) is 15.1. The Morgan fingerprint density at radius 3 is 1.19 bits per heavy atom. The molecule has 146 valence electrons. The topological polar surface area (TPSA) is 0 Å². The third-order valence-electron chi connectivity index (χ3n) is 6.71. The van der Waals surface area contributed by atoms with Gasteiger partial charge in [0.25, 0.3) is 0 Å². The summed E-state index contributed by atoms with van der Waals surface area (Å²) in [5, 5.41) is 0. The predicted octanol–water partition coefficient (Wildman–Crippen LogP) is 6.65. The Morgan fingerprint density at radius 1 is 0.593 bits per heavy atom. The van der Waals surface area contributed by atoms with Gasteiger partial charge in [0.05, 0.1) is 0 Å². The SMILES string of the molecule is C[CH](C)[Ge]1([CH](C)C)[c]2cccc(C(C)(C)C)c2-c2c(C(C)(C)C)ccc[c]21. The van der Waals surface area contributed by atoms with Gasteiger partial charge < -0.3 is 0 Å². The van der Waals surface area contributed by atoms with Crippen LogP contribution in [-0.4, -0.2) is 13.3 Å². The summed E-state index contributed by atoms with van der Waals surface area (Å²) >= 11 is -2.52. The summed E-state index contributed by atoms with van der Waals surface area (Å²) in [5.74, 6) is 0. The summed E-state index contributed by atoms with van der Waals surface area (Å²) in [6.07, 6.45) is 0. The van der Waals surface area contributed by atoms with E-state index in [0.717, 1.165) is 9.50 Å². The van der Waals surface area contributed by atoms with Crippen LogP contribution in [0.2, 0.25) is 9.50 Å². The molecule has 0 nitrogen and oxygen atoms in total. The van der Waals surface area contributed by atoms with Crippen molar-refractivity contribution in [1.29, 1.82) is 0 Å². The van der Waals surface area contributed by atoms with E-state index < -0.39 is 13.3 Å². The summed E-state index contributed by atoms with van der Waals surface area (Å²) in [6.45, 7) is 24.2. The molecule has 3 rings (SSSR count). The Morgan fingerprint density at radius 2 is 0.926 bits per heavy atom. The minimum atomic E-state index is -2.52. The molecule has 2 aromatic carbocycles. The van der Waals surface area contributed by atoms with Crippen molar-refractivity contribution in [3.05, 3.63) is 47.5 Å². The van der Waals surface area contributed by atoms with Crippen LogP contribution in [0.1, 0.15) is 80.4 Å². The van der Waals surface area contributed by atoms with Crippen LogP contribution in [0.4, 0.5) is 0 Å². The molecule has 1 aliphatic rings. The van der Waals surface area contributed by atoms with Gasteiger partial charge in [-0.1, -0.05) is 0 Å². The molecular weight excluding hydrogens is 385 g/mol. The fourth-order valence-electron chi connectivity index (χ4n) is 5.64. The fraction of sp³-hybridized carbons (Fsp3) is 0.538. The maximum atomic E-state index is 2.50. The number of hydrogen-bond donors (Lipinski definition) is 0. The molecule has 0 bridgehead atoms. The molecule has 0 N–H and O–H groups in total. The van der Waals surface area contributed by atoms with Gasteiger partial charge in [-0.3, -0.25) is 0 Å². The zero-order valence-corrected chi connectivity index (χ0v) is 21.2. The fourth-order valence-corrected chi connectivity index (χ4v) is 18.7. The molecule has 27 heavy (non-hydrogen) atoms. The van der Waals surface area contributed by atoms with Gasteiger partial charge in [0.1, 0.15) is 0 Å². The third-order valence-corrected chi connectivity index (χ3v) is 19.8. The van der Waals surface area contributed by atoms with E-state index in [1.54, 1.807) is 19.9 Å². The van der Waals surface area contributed by atoms with E-state index in [2.05, 4.69) is 106 Å². The molecule has 0 fully saturated rings. The van der Waals surface area contributed by atoms with Gasteiger partial charge in [0, 0.05) is 0 Å². The van der Waals surface area contributed by atoms with Crippen molar-refractivity contribution < 1.29 is 0 Å². The van der Waals surface area contributed by atoms with Crippen molar-refractivity contribution in [3.8, 4) is 11.1 Å². The molecule has 0 atom stereocenters. The standard InChI is InChI=1S/C26H38Ge/c1-17(2)27(18(3)4)21-15-11-13-19(25(5,6)7)23(21)24-20(26(8,9)10)14-12-16-22(24)27/h11-18H,1-10H3. The first-order chi connectivity index (χ1) is 12.3.